The van der Waals surface area contributed by atoms with Crippen LogP contribution in [0.1, 0.15) is 33.6 Å². The Morgan fingerprint density at radius 1 is 1.11 bits per heavy atom. The lowest BCUT2D eigenvalue weighted by Crippen LogP contribution is -2.56. The minimum Gasteiger partial charge on any atom is -0.346 e. The fraction of sp³-hybridized carbons (Fsp3) is 0.722. The van der Waals surface area contributed by atoms with E-state index in [1.807, 2.05) is 0 Å². The van der Waals surface area contributed by atoms with Crippen molar-refractivity contribution in [1.82, 2.24) is 25.3 Å². The van der Waals surface area contributed by atoms with Crippen LogP contribution in [0.5, 0.6) is 0 Å². The Kier molecular flexibility index (Phi) is 5.31. The van der Waals surface area contributed by atoms with Gasteiger partial charge in [-0.25, -0.2) is 4.79 Å². The third kappa shape index (κ3) is 3.81. The second-order valence-electron chi connectivity index (χ2n) is 8.10. The van der Waals surface area contributed by atoms with Gasteiger partial charge in [-0.15, -0.1) is 0 Å². The van der Waals surface area contributed by atoms with Crippen LogP contribution >= 0.6 is 0 Å². The smallest absolute Gasteiger partial charge is 0.325 e. The number of nitrogens with zero attached hydrogens (tertiary/aromatic N) is 3. The highest BCUT2D eigenvalue weighted by Crippen LogP contribution is 2.42. The summed E-state index contributed by atoms with van der Waals surface area (Å²) in [6.07, 6.45) is 1.79. The normalized spacial score (nSPS) is 25.2. The summed E-state index contributed by atoms with van der Waals surface area (Å²) < 4.78 is 0. The number of carbonyl (C=O) groups is 5. The second-order valence-corrected chi connectivity index (χ2v) is 8.10. The lowest BCUT2D eigenvalue weighted by molar-refractivity contribution is -0.149. The quantitative estimate of drug-likeness (QED) is 0.464. The van der Waals surface area contributed by atoms with E-state index >= 15 is 0 Å². The van der Waals surface area contributed by atoms with Gasteiger partial charge in [-0.3, -0.25) is 24.1 Å². The molecule has 3 fully saturated rings. The summed E-state index contributed by atoms with van der Waals surface area (Å²) in [6.45, 7) is 5.91. The molecule has 0 aromatic rings. The minimum absolute atomic E-state index is 0.134. The Labute approximate surface area is 163 Å². The number of carbonyl (C=O) groups excluding carboxylic acids is 5. The molecule has 2 N–H and O–H groups in total. The molecule has 1 unspecified atom stereocenters. The molecule has 3 aliphatic rings. The van der Waals surface area contributed by atoms with Crippen LogP contribution in [0.25, 0.3) is 0 Å². The van der Waals surface area contributed by atoms with Crippen molar-refractivity contribution in [3.8, 4) is 0 Å². The van der Waals surface area contributed by atoms with E-state index in [1.165, 1.54) is 9.80 Å². The molecular formula is C18H27N5O5. The Morgan fingerprint density at radius 2 is 1.68 bits per heavy atom. The molecule has 0 spiro atoms. The highest BCUT2D eigenvalue weighted by atomic mass is 16.2. The van der Waals surface area contributed by atoms with Crippen molar-refractivity contribution < 1.29 is 24.0 Å². The first-order valence-corrected chi connectivity index (χ1v) is 9.65. The molecule has 10 nitrogen and oxygen atoms in total. The van der Waals surface area contributed by atoms with Crippen molar-refractivity contribution in [3.05, 3.63) is 0 Å². The van der Waals surface area contributed by atoms with Gasteiger partial charge in [0.05, 0.1) is 0 Å². The zero-order chi connectivity index (χ0) is 20.6. The molecule has 0 radical (unpaired) electrons. The van der Waals surface area contributed by atoms with Crippen LogP contribution in [-0.4, -0.2) is 88.7 Å². The molecule has 6 amide bonds. The van der Waals surface area contributed by atoms with E-state index < -0.39 is 23.4 Å². The van der Waals surface area contributed by atoms with Crippen LogP contribution in [-0.2, 0) is 19.2 Å². The molecule has 0 aromatic heterocycles. The molecule has 2 saturated heterocycles. The summed E-state index contributed by atoms with van der Waals surface area (Å²) in [5, 5.41) is 5.27. The van der Waals surface area contributed by atoms with Crippen molar-refractivity contribution in [3.63, 3.8) is 0 Å². The number of piperazine rings is 1. The predicted molar refractivity (Wildman–Crippen MR) is 97.8 cm³/mol. The van der Waals surface area contributed by atoms with Gasteiger partial charge >= 0.3 is 17.8 Å². The molecule has 154 valence electrons. The molecule has 2 heterocycles. The van der Waals surface area contributed by atoms with Gasteiger partial charge in [-0.1, -0.05) is 0 Å². The third-order valence-corrected chi connectivity index (χ3v) is 5.52. The topological polar surface area (TPSA) is 119 Å². The second kappa shape index (κ2) is 7.40. The maximum Gasteiger partial charge on any atom is 0.325 e. The van der Waals surface area contributed by atoms with E-state index in [2.05, 4.69) is 10.6 Å². The summed E-state index contributed by atoms with van der Waals surface area (Å²) >= 11 is 0. The van der Waals surface area contributed by atoms with E-state index in [-0.39, 0.29) is 56.5 Å². The molecule has 3 rings (SSSR count). The highest BCUT2D eigenvalue weighted by Gasteiger charge is 2.56. The van der Waals surface area contributed by atoms with Gasteiger partial charge in [0.25, 0.3) is 5.91 Å². The maximum atomic E-state index is 12.6. The molecule has 1 saturated carbocycles. The Hall–Kier alpha value is -2.65. The van der Waals surface area contributed by atoms with Crippen LogP contribution in [0.4, 0.5) is 4.79 Å². The molecule has 2 aliphatic heterocycles. The first-order valence-electron chi connectivity index (χ1n) is 9.65. The van der Waals surface area contributed by atoms with Gasteiger partial charge < -0.3 is 20.4 Å². The highest BCUT2D eigenvalue weighted by molar-refractivity contribution is 6.35. The standard InChI is InChI=1S/C18H27N5O5/c1-11(2)19-14(25)15(26)22-8-6-21(7-9-22)13(24)10-23-16(27)18(3,12-4-5-12)20-17(23)28/h11-12H,4-10H2,1-3H3,(H,19,25)(H,20,28). The van der Waals surface area contributed by atoms with Gasteiger partial charge in [0.1, 0.15) is 12.1 Å². The van der Waals surface area contributed by atoms with Crippen LogP contribution in [0.3, 0.4) is 0 Å². The van der Waals surface area contributed by atoms with Gasteiger partial charge in [-0.05, 0) is 39.5 Å². The first kappa shape index (κ1) is 20.1. The molecule has 10 heteroatoms. The number of imide groups is 1. The Bertz CT molecular complexity index is 711. The van der Waals surface area contributed by atoms with E-state index in [0.29, 0.717) is 0 Å². The monoisotopic (exact) mass is 393 g/mol. The number of urea groups is 1. The number of amides is 6. The number of hydrogen-bond acceptors (Lipinski definition) is 5. The van der Waals surface area contributed by atoms with Crippen molar-refractivity contribution in [2.24, 2.45) is 5.92 Å². The summed E-state index contributed by atoms with van der Waals surface area (Å²) in [5.41, 5.74) is -0.910. The average molecular weight is 393 g/mol. The minimum atomic E-state index is -0.910. The van der Waals surface area contributed by atoms with Crippen molar-refractivity contribution in [1.29, 1.82) is 0 Å². The Morgan fingerprint density at radius 3 is 2.21 bits per heavy atom. The summed E-state index contributed by atoms with van der Waals surface area (Å²) in [5.74, 6) is -1.84. The molecule has 0 aromatic carbocycles. The molecule has 1 aliphatic carbocycles. The Balaban J connectivity index is 1.52. The van der Waals surface area contributed by atoms with Crippen LogP contribution in [0, 0.1) is 5.92 Å². The fourth-order valence-electron chi connectivity index (χ4n) is 3.66. The predicted octanol–water partition coefficient (Wildman–Crippen LogP) is -1.10. The van der Waals surface area contributed by atoms with E-state index in [0.717, 1.165) is 17.7 Å². The summed E-state index contributed by atoms with van der Waals surface area (Å²) in [6, 6.07) is -0.670. The largest absolute Gasteiger partial charge is 0.346 e. The zero-order valence-corrected chi connectivity index (χ0v) is 16.5. The molecule has 1 atom stereocenters. The van der Waals surface area contributed by atoms with Gasteiger partial charge in [0.2, 0.25) is 5.91 Å². The maximum absolute atomic E-state index is 12.6. The molecule has 28 heavy (non-hydrogen) atoms. The number of nitrogens with one attached hydrogen (secondary N) is 2. The van der Waals surface area contributed by atoms with E-state index in [9.17, 15) is 24.0 Å². The average Bonchev–Trinajstić information content (AvgIpc) is 3.46. The van der Waals surface area contributed by atoms with Crippen molar-refractivity contribution >= 4 is 29.7 Å². The molecule has 0 bridgehead atoms. The van der Waals surface area contributed by atoms with Gasteiger partial charge in [0, 0.05) is 32.2 Å². The summed E-state index contributed by atoms with van der Waals surface area (Å²) in [4.78, 5) is 65.2. The fourth-order valence-corrected chi connectivity index (χ4v) is 3.66. The van der Waals surface area contributed by atoms with Crippen LogP contribution < -0.4 is 10.6 Å². The van der Waals surface area contributed by atoms with Crippen LogP contribution in [0.15, 0.2) is 0 Å². The lowest BCUT2D eigenvalue weighted by atomic mass is 9.96. The van der Waals surface area contributed by atoms with Gasteiger partial charge in [0.15, 0.2) is 0 Å². The summed E-state index contributed by atoms with van der Waals surface area (Å²) in [7, 11) is 0. The van der Waals surface area contributed by atoms with Crippen molar-refractivity contribution in [2.45, 2.75) is 45.2 Å². The van der Waals surface area contributed by atoms with Crippen molar-refractivity contribution in [2.75, 3.05) is 32.7 Å². The number of rotatable bonds is 4. The number of hydrogen-bond donors (Lipinski definition) is 2. The van der Waals surface area contributed by atoms with Crippen LogP contribution in [0.2, 0.25) is 0 Å². The zero-order valence-electron chi connectivity index (χ0n) is 16.5. The molecular weight excluding hydrogens is 366 g/mol. The first-order chi connectivity index (χ1) is 13.1. The van der Waals surface area contributed by atoms with E-state index in [4.69, 9.17) is 0 Å². The van der Waals surface area contributed by atoms with Gasteiger partial charge in [-0.2, -0.15) is 0 Å². The third-order valence-electron chi connectivity index (χ3n) is 5.52. The SMILES string of the molecule is CC(C)NC(=O)C(=O)N1CCN(C(=O)CN2C(=O)NC(C)(C3CC3)C2=O)CC1. The van der Waals surface area contributed by atoms with E-state index in [1.54, 1.807) is 20.8 Å². The lowest BCUT2D eigenvalue weighted by Gasteiger charge is -2.35.